The minimum absolute atomic E-state index is 0.0788. The van der Waals surface area contributed by atoms with Gasteiger partial charge in [0.2, 0.25) is 5.91 Å². The Labute approximate surface area is 155 Å². The highest BCUT2D eigenvalue weighted by molar-refractivity contribution is 7.99. The summed E-state index contributed by atoms with van der Waals surface area (Å²) < 4.78 is 12.5. The summed E-state index contributed by atoms with van der Waals surface area (Å²) in [6, 6.07) is 9.46. The van der Waals surface area contributed by atoms with E-state index in [0.29, 0.717) is 17.5 Å². The van der Waals surface area contributed by atoms with Gasteiger partial charge < -0.3 is 19.0 Å². The van der Waals surface area contributed by atoms with Gasteiger partial charge in [0.25, 0.3) is 0 Å². The third kappa shape index (κ3) is 3.91. The molecule has 1 aromatic carbocycles. The number of methoxy groups -OCH3 is 1. The molecule has 0 radical (unpaired) electrons. The van der Waals surface area contributed by atoms with Crippen LogP contribution in [0.2, 0.25) is 0 Å². The molecule has 3 aromatic rings. The lowest BCUT2D eigenvalue weighted by Gasteiger charge is -2.09. The van der Waals surface area contributed by atoms with Gasteiger partial charge >= 0.3 is 0 Å². The molecule has 2 aromatic heterocycles. The number of carbonyl (C=O) groups excluding carboxylic acids is 1. The van der Waals surface area contributed by atoms with Crippen molar-refractivity contribution in [3.05, 3.63) is 47.9 Å². The lowest BCUT2D eigenvalue weighted by molar-refractivity contribution is -0.118. The summed E-state index contributed by atoms with van der Waals surface area (Å²) in [6.07, 6.45) is 1.62. The van der Waals surface area contributed by atoms with E-state index in [1.54, 1.807) is 13.4 Å². The van der Waals surface area contributed by atoms with Crippen molar-refractivity contribution in [2.45, 2.75) is 18.6 Å². The summed E-state index contributed by atoms with van der Waals surface area (Å²) in [7, 11) is 3.49. The molecule has 0 saturated carbocycles. The second-order valence-electron chi connectivity index (χ2n) is 5.63. The van der Waals surface area contributed by atoms with Crippen LogP contribution >= 0.6 is 11.8 Å². The Bertz CT molecular complexity index is 903. The van der Waals surface area contributed by atoms with E-state index in [1.165, 1.54) is 11.8 Å². The number of nitrogens with one attached hydrogen (secondary N) is 1. The average Bonchev–Trinajstić information content (AvgIpc) is 3.23. The van der Waals surface area contributed by atoms with Crippen molar-refractivity contribution < 1.29 is 13.9 Å². The molecule has 0 atom stereocenters. The number of aromatic nitrogens is 3. The van der Waals surface area contributed by atoms with Gasteiger partial charge in [-0.1, -0.05) is 30.0 Å². The first-order valence-electron chi connectivity index (χ1n) is 8.05. The minimum atomic E-state index is -0.0788. The van der Waals surface area contributed by atoms with Crippen molar-refractivity contribution >= 4 is 17.7 Å². The Balaban J connectivity index is 1.57. The van der Waals surface area contributed by atoms with Crippen molar-refractivity contribution in [2.75, 3.05) is 12.9 Å². The molecule has 7 nitrogen and oxygen atoms in total. The SMILES string of the molecule is COc1ccccc1CNC(=O)CSc1nnc(-c2ccoc2C)n1C. The normalized spacial score (nSPS) is 10.7. The molecular weight excluding hydrogens is 352 g/mol. The number of carbonyl (C=O) groups is 1. The summed E-state index contributed by atoms with van der Waals surface area (Å²) in [6.45, 7) is 2.30. The second-order valence-corrected chi connectivity index (χ2v) is 6.58. The van der Waals surface area contributed by atoms with Gasteiger partial charge in [0, 0.05) is 19.2 Å². The van der Waals surface area contributed by atoms with Crippen LogP contribution in [0.3, 0.4) is 0 Å². The lowest BCUT2D eigenvalue weighted by Crippen LogP contribution is -2.25. The number of nitrogens with zero attached hydrogens (tertiary/aromatic N) is 3. The van der Waals surface area contributed by atoms with Crippen LogP contribution in [0.5, 0.6) is 5.75 Å². The maximum atomic E-state index is 12.1. The maximum absolute atomic E-state index is 12.1. The van der Waals surface area contributed by atoms with Crippen LogP contribution in [-0.4, -0.2) is 33.5 Å². The van der Waals surface area contributed by atoms with Crippen molar-refractivity contribution in [1.82, 2.24) is 20.1 Å². The number of amides is 1. The molecule has 1 N–H and O–H groups in total. The fourth-order valence-corrected chi connectivity index (χ4v) is 3.26. The first kappa shape index (κ1) is 18.1. The van der Waals surface area contributed by atoms with Gasteiger partial charge in [0.1, 0.15) is 11.5 Å². The van der Waals surface area contributed by atoms with Crippen LogP contribution < -0.4 is 10.1 Å². The number of aryl methyl sites for hydroxylation is 1. The number of benzene rings is 1. The van der Waals surface area contributed by atoms with E-state index in [9.17, 15) is 4.79 Å². The summed E-state index contributed by atoms with van der Waals surface area (Å²) in [4.78, 5) is 12.1. The molecule has 136 valence electrons. The van der Waals surface area contributed by atoms with E-state index in [0.717, 1.165) is 22.6 Å². The Kier molecular flexibility index (Phi) is 5.62. The van der Waals surface area contributed by atoms with Crippen LogP contribution in [0.15, 0.2) is 46.2 Å². The highest BCUT2D eigenvalue weighted by atomic mass is 32.2. The van der Waals surface area contributed by atoms with Crippen LogP contribution in [0.1, 0.15) is 11.3 Å². The molecule has 0 aliphatic rings. The Hall–Kier alpha value is -2.74. The first-order chi connectivity index (χ1) is 12.6. The quantitative estimate of drug-likeness (QED) is 0.642. The highest BCUT2D eigenvalue weighted by Crippen LogP contribution is 2.25. The number of furan rings is 1. The molecule has 1 amide bonds. The largest absolute Gasteiger partial charge is 0.496 e. The molecule has 0 aliphatic heterocycles. The standard InChI is InChI=1S/C18H20N4O3S/c1-12-14(8-9-25-12)17-20-21-18(22(17)2)26-11-16(23)19-10-13-6-4-5-7-15(13)24-3/h4-9H,10-11H2,1-3H3,(H,19,23). The Morgan fingerprint density at radius 2 is 2.12 bits per heavy atom. The van der Waals surface area contributed by atoms with E-state index >= 15 is 0 Å². The van der Waals surface area contributed by atoms with Crippen LogP contribution in [0.4, 0.5) is 0 Å². The van der Waals surface area contributed by atoms with Gasteiger partial charge in [0.15, 0.2) is 11.0 Å². The molecule has 0 unspecified atom stereocenters. The molecule has 3 rings (SSSR count). The topological polar surface area (TPSA) is 82.2 Å². The minimum Gasteiger partial charge on any atom is -0.496 e. The van der Waals surface area contributed by atoms with Gasteiger partial charge in [0.05, 0.1) is 24.7 Å². The van der Waals surface area contributed by atoms with E-state index in [-0.39, 0.29) is 11.7 Å². The number of hydrogen-bond donors (Lipinski definition) is 1. The maximum Gasteiger partial charge on any atom is 0.230 e. The number of hydrogen-bond acceptors (Lipinski definition) is 6. The summed E-state index contributed by atoms with van der Waals surface area (Å²) >= 11 is 1.34. The number of rotatable bonds is 7. The predicted octanol–water partition coefficient (Wildman–Crippen LogP) is 2.80. The zero-order valence-corrected chi connectivity index (χ0v) is 15.7. The molecule has 0 fully saturated rings. The lowest BCUT2D eigenvalue weighted by atomic mass is 10.2. The van der Waals surface area contributed by atoms with E-state index in [4.69, 9.17) is 9.15 Å². The van der Waals surface area contributed by atoms with Gasteiger partial charge in [-0.2, -0.15) is 0 Å². The first-order valence-corrected chi connectivity index (χ1v) is 9.04. The highest BCUT2D eigenvalue weighted by Gasteiger charge is 2.15. The summed E-state index contributed by atoms with van der Waals surface area (Å²) in [5.41, 5.74) is 1.83. The predicted molar refractivity (Wildman–Crippen MR) is 99.0 cm³/mol. The Morgan fingerprint density at radius 1 is 1.31 bits per heavy atom. The van der Waals surface area contributed by atoms with Crippen LogP contribution in [-0.2, 0) is 18.4 Å². The van der Waals surface area contributed by atoms with Gasteiger partial charge in [-0.25, -0.2) is 0 Å². The third-order valence-corrected chi connectivity index (χ3v) is 4.96. The van der Waals surface area contributed by atoms with Crippen molar-refractivity contribution in [3.63, 3.8) is 0 Å². The molecule has 2 heterocycles. The third-order valence-electron chi connectivity index (χ3n) is 3.94. The molecule has 0 aliphatic carbocycles. The van der Waals surface area contributed by atoms with Crippen molar-refractivity contribution in [3.8, 4) is 17.1 Å². The summed E-state index contributed by atoms with van der Waals surface area (Å²) in [5.74, 6) is 2.43. The van der Waals surface area contributed by atoms with E-state index < -0.39 is 0 Å². The Morgan fingerprint density at radius 3 is 2.85 bits per heavy atom. The van der Waals surface area contributed by atoms with Crippen molar-refractivity contribution in [2.24, 2.45) is 7.05 Å². The zero-order chi connectivity index (χ0) is 18.5. The number of thioether (sulfide) groups is 1. The summed E-state index contributed by atoms with van der Waals surface area (Å²) in [5, 5.41) is 11.9. The van der Waals surface area contributed by atoms with E-state index in [1.807, 2.05) is 48.9 Å². The van der Waals surface area contributed by atoms with Crippen LogP contribution in [0, 0.1) is 6.92 Å². The number of ether oxygens (including phenoxy) is 1. The molecule has 26 heavy (non-hydrogen) atoms. The molecule has 0 spiro atoms. The fraction of sp³-hybridized carbons (Fsp3) is 0.278. The monoisotopic (exact) mass is 372 g/mol. The molecule has 0 saturated heterocycles. The molecule has 8 heteroatoms. The zero-order valence-electron chi connectivity index (χ0n) is 14.9. The molecular formula is C18H20N4O3S. The van der Waals surface area contributed by atoms with E-state index in [2.05, 4.69) is 15.5 Å². The smallest absolute Gasteiger partial charge is 0.230 e. The second kappa shape index (κ2) is 8.09. The average molecular weight is 372 g/mol. The van der Waals surface area contributed by atoms with Crippen molar-refractivity contribution in [1.29, 1.82) is 0 Å². The van der Waals surface area contributed by atoms with Crippen LogP contribution in [0.25, 0.3) is 11.4 Å². The van der Waals surface area contributed by atoms with Gasteiger partial charge in [-0.05, 0) is 19.1 Å². The van der Waals surface area contributed by atoms with Gasteiger partial charge in [-0.3, -0.25) is 4.79 Å². The molecule has 0 bridgehead atoms. The van der Waals surface area contributed by atoms with Gasteiger partial charge in [-0.15, -0.1) is 10.2 Å². The fourth-order valence-electron chi connectivity index (χ4n) is 2.52. The number of para-hydroxylation sites is 1.